The third-order valence-corrected chi connectivity index (χ3v) is 7.58. The van der Waals surface area contributed by atoms with Crippen molar-refractivity contribution in [1.29, 1.82) is 0 Å². The van der Waals surface area contributed by atoms with Gasteiger partial charge in [-0.1, -0.05) is 65.4 Å². The zero-order valence-electron chi connectivity index (χ0n) is 20.6. The van der Waals surface area contributed by atoms with Crippen LogP contribution < -0.4 is 15.0 Å². The van der Waals surface area contributed by atoms with Crippen molar-refractivity contribution in [1.82, 2.24) is 0 Å². The Morgan fingerprint density at radius 2 is 1.73 bits per heavy atom. The summed E-state index contributed by atoms with van der Waals surface area (Å²) in [4.78, 5) is 28.0. The third kappa shape index (κ3) is 6.54. The van der Waals surface area contributed by atoms with E-state index in [1.54, 1.807) is 54.6 Å². The first-order valence-electron chi connectivity index (χ1n) is 11.9. The summed E-state index contributed by atoms with van der Waals surface area (Å²) < 4.78 is 19.5. The first-order valence-corrected chi connectivity index (χ1v) is 13.9. The predicted molar refractivity (Wildman–Crippen MR) is 164 cm³/mol. The van der Waals surface area contributed by atoms with Gasteiger partial charge in [0, 0.05) is 26.9 Å². The lowest BCUT2D eigenvalue weighted by molar-refractivity contribution is -0.113. The van der Waals surface area contributed by atoms with E-state index >= 15 is 0 Å². The minimum atomic E-state index is -0.408. The normalized spacial score (nSPS) is 14.1. The highest BCUT2D eigenvalue weighted by atomic mass is 35.5. The van der Waals surface area contributed by atoms with Crippen LogP contribution in [0.5, 0.6) is 5.75 Å². The molecule has 1 N–H and O–H groups in total. The van der Waals surface area contributed by atoms with Crippen molar-refractivity contribution in [2.45, 2.75) is 6.61 Å². The number of nitrogens with one attached hydrogen (secondary N) is 1. The lowest BCUT2D eigenvalue weighted by Gasteiger charge is -2.15. The molecular formula is C30H19Cl2FN2O3S2. The number of carbonyl (C=O) groups is 2. The van der Waals surface area contributed by atoms with E-state index in [-0.39, 0.29) is 12.5 Å². The highest BCUT2D eigenvalue weighted by molar-refractivity contribution is 8.27. The van der Waals surface area contributed by atoms with E-state index in [4.69, 9.17) is 40.2 Å². The average Bonchev–Trinajstić information content (AvgIpc) is 3.21. The topological polar surface area (TPSA) is 58.6 Å². The molecule has 0 radical (unpaired) electrons. The summed E-state index contributed by atoms with van der Waals surface area (Å²) in [5, 5.41) is 3.81. The molecule has 1 aliphatic heterocycles. The fourth-order valence-electron chi connectivity index (χ4n) is 3.91. The molecule has 0 spiro atoms. The molecule has 1 saturated heterocycles. The zero-order chi connectivity index (χ0) is 28.2. The Bertz CT molecular complexity index is 1660. The summed E-state index contributed by atoms with van der Waals surface area (Å²) in [6, 6.07) is 24.5. The van der Waals surface area contributed by atoms with E-state index in [0.29, 0.717) is 47.5 Å². The smallest absolute Gasteiger partial charge is 0.270 e. The Kier molecular flexibility index (Phi) is 8.52. The molecule has 4 aromatic rings. The first-order chi connectivity index (χ1) is 19.3. The number of carbonyl (C=O) groups excluding carboxylic acids is 2. The highest BCUT2D eigenvalue weighted by Crippen LogP contribution is 2.38. The molecular weight excluding hydrogens is 590 g/mol. The van der Waals surface area contributed by atoms with E-state index in [9.17, 15) is 14.0 Å². The van der Waals surface area contributed by atoms with Crippen molar-refractivity contribution in [3.8, 4) is 5.75 Å². The molecule has 0 bridgehead atoms. The van der Waals surface area contributed by atoms with Crippen molar-refractivity contribution < 1.29 is 18.7 Å². The van der Waals surface area contributed by atoms with E-state index in [1.165, 1.54) is 29.2 Å². The van der Waals surface area contributed by atoms with Crippen molar-refractivity contribution in [2.75, 3.05) is 10.2 Å². The summed E-state index contributed by atoms with van der Waals surface area (Å²) >= 11 is 19.0. The molecule has 0 aliphatic carbocycles. The number of rotatable bonds is 7. The van der Waals surface area contributed by atoms with Crippen LogP contribution in [0.1, 0.15) is 21.5 Å². The van der Waals surface area contributed by atoms with Gasteiger partial charge in [-0.15, -0.1) is 0 Å². The number of hydrogen-bond donors (Lipinski definition) is 1. The molecule has 5 nitrogen and oxygen atoms in total. The van der Waals surface area contributed by atoms with Gasteiger partial charge in [-0.05, 0) is 84.4 Å². The van der Waals surface area contributed by atoms with Gasteiger partial charge in [0.25, 0.3) is 11.8 Å². The summed E-state index contributed by atoms with van der Waals surface area (Å²) in [6.07, 6.45) is 1.68. The van der Waals surface area contributed by atoms with Gasteiger partial charge in [0.15, 0.2) is 4.32 Å². The number of anilines is 2. The van der Waals surface area contributed by atoms with Gasteiger partial charge in [0.05, 0.1) is 10.6 Å². The summed E-state index contributed by atoms with van der Waals surface area (Å²) in [5.41, 5.74) is 2.71. The van der Waals surface area contributed by atoms with Gasteiger partial charge in [-0.3, -0.25) is 14.5 Å². The first kappa shape index (κ1) is 27.9. The van der Waals surface area contributed by atoms with Crippen LogP contribution in [-0.4, -0.2) is 16.1 Å². The summed E-state index contributed by atoms with van der Waals surface area (Å²) in [7, 11) is 0. The molecule has 2 amide bonds. The van der Waals surface area contributed by atoms with Crippen LogP contribution in [0.3, 0.4) is 0 Å². The molecule has 200 valence electrons. The Balaban J connectivity index is 1.36. The standard InChI is InChI=1S/C30H19Cl2FN2O3S2/c31-21-5-1-3-18(13-21)17-38-26-12-7-22(32)14-20(26)16-27-29(37)35(30(39)40-27)25-6-2-4-19(15-25)28(36)34-24-10-8-23(33)9-11-24/h1-16H,17H2,(H,34,36)/b27-16+. The largest absolute Gasteiger partial charge is 0.488 e. The molecule has 1 fully saturated rings. The maximum atomic E-state index is 13.5. The van der Waals surface area contributed by atoms with Crippen LogP contribution in [0.15, 0.2) is 95.9 Å². The predicted octanol–water partition coefficient (Wildman–Crippen LogP) is 8.37. The highest BCUT2D eigenvalue weighted by Gasteiger charge is 2.34. The number of nitrogens with zero attached hydrogens (tertiary/aromatic N) is 1. The van der Waals surface area contributed by atoms with E-state index in [1.807, 2.05) is 18.2 Å². The number of thiocarbonyl (C=S) groups is 1. The van der Waals surface area contributed by atoms with Crippen molar-refractivity contribution in [3.05, 3.63) is 128 Å². The minimum Gasteiger partial charge on any atom is -0.488 e. The van der Waals surface area contributed by atoms with Gasteiger partial charge in [0.1, 0.15) is 18.2 Å². The molecule has 0 unspecified atom stereocenters. The number of benzene rings is 4. The molecule has 0 aromatic heterocycles. The Morgan fingerprint density at radius 3 is 2.50 bits per heavy atom. The van der Waals surface area contributed by atoms with Crippen LogP contribution in [-0.2, 0) is 11.4 Å². The van der Waals surface area contributed by atoms with E-state index in [0.717, 1.165) is 17.3 Å². The second-order valence-corrected chi connectivity index (χ2v) is 11.2. The van der Waals surface area contributed by atoms with Crippen LogP contribution >= 0.6 is 47.2 Å². The second-order valence-electron chi connectivity index (χ2n) is 8.63. The van der Waals surface area contributed by atoms with Crippen LogP contribution in [0, 0.1) is 5.82 Å². The minimum absolute atomic E-state index is 0.275. The number of amides is 2. The number of ether oxygens (including phenoxy) is 1. The second kappa shape index (κ2) is 12.2. The molecule has 5 rings (SSSR count). The zero-order valence-corrected chi connectivity index (χ0v) is 23.7. The van der Waals surface area contributed by atoms with Gasteiger partial charge >= 0.3 is 0 Å². The fourth-order valence-corrected chi connectivity index (χ4v) is 5.59. The van der Waals surface area contributed by atoms with Crippen molar-refractivity contribution in [3.63, 3.8) is 0 Å². The van der Waals surface area contributed by atoms with Crippen LogP contribution in [0.2, 0.25) is 10.0 Å². The maximum absolute atomic E-state index is 13.5. The monoisotopic (exact) mass is 608 g/mol. The number of halogens is 3. The van der Waals surface area contributed by atoms with Crippen LogP contribution in [0.4, 0.5) is 15.8 Å². The number of hydrogen-bond acceptors (Lipinski definition) is 5. The maximum Gasteiger partial charge on any atom is 0.270 e. The number of thioether (sulfide) groups is 1. The van der Waals surface area contributed by atoms with E-state index in [2.05, 4.69) is 5.32 Å². The molecule has 40 heavy (non-hydrogen) atoms. The van der Waals surface area contributed by atoms with Crippen molar-refractivity contribution in [2.24, 2.45) is 0 Å². The van der Waals surface area contributed by atoms with Gasteiger partial charge < -0.3 is 10.1 Å². The third-order valence-electron chi connectivity index (χ3n) is 5.80. The molecule has 10 heteroatoms. The Morgan fingerprint density at radius 1 is 0.975 bits per heavy atom. The molecule has 4 aromatic carbocycles. The fraction of sp³-hybridized carbons (Fsp3) is 0.0333. The van der Waals surface area contributed by atoms with Crippen LogP contribution in [0.25, 0.3) is 6.08 Å². The van der Waals surface area contributed by atoms with Crippen molar-refractivity contribution >= 4 is 80.8 Å². The Labute approximate surface area is 249 Å². The molecule has 0 saturated carbocycles. The average molecular weight is 610 g/mol. The Hall–Kier alpha value is -3.69. The summed E-state index contributed by atoms with van der Waals surface area (Å²) in [5.74, 6) is -0.615. The SMILES string of the molecule is O=C(Nc1ccc(F)cc1)c1cccc(N2C(=O)/C(=C\c3cc(Cl)ccc3OCc3cccc(Cl)c3)SC2=S)c1. The van der Waals surface area contributed by atoms with E-state index < -0.39 is 11.7 Å². The summed E-state index contributed by atoms with van der Waals surface area (Å²) in [6.45, 7) is 0.275. The lowest BCUT2D eigenvalue weighted by atomic mass is 10.1. The quantitative estimate of drug-likeness (QED) is 0.169. The van der Waals surface area contributed by atoms with Gasteiger partial charge in [-0.25, -0.2) is 4.39 Å². The molecule has 1 heterocycles. The van der Waals surface area contributed by atoms with Gasteiger partial charge in [0.2, 0.25) is 0 Å². The molecule has 1 aliphatic rings. The lowest BCUT2D eigenvalue weighted by Crippen LogP contribution is -2.27. The molecule has 0 atom stereocenters. The van der Waals surface area contributed by atoms with Gasteiger partial charge in [-0.2, -0.15) is 0 Å².